The Labute approximate surface area is 166 Å². The number of benzene rings is 3. The fourth-order valence-corrected chi connectivity index (χ4v) is 3.50. The molecule has 148 valence electrons. The molecule has 29 heavy (non-hydrogen) atoms. The van der Waals surface area contributed by atoms with Crippen molar-refractivity contribution in [2.24, 2.45) is 0 Å². The Hall–Kier alpha value is -3.52. The van der Waals surface area contributed by atoms with Crippen molar-refractivity contribution in [3.05, 3.63) is 96.1 Å². The van der Waals surface area contributed by atoms with Crippen molar-refractivity contribution in [2.45, 2.75) is 4.90 Å². The van der Waals surface area contributed by atoms with Gasteiger partial charge in [0.25, 0.3) is 10.0 Å². The Morgan fingerprint density at radius 2 is 1.34 bits per heavy atom. The molecule has 2 N–H and O–H groups in total. The number of hydrogen-bond donors (Lipinski definition) is 2. The highest BCUT2D eigenvalue weighted by molar-refractivity contribution is 7.92. The van der Waals surface area contributed by atoms with Gasteiger partial charge in [-0.15, -0.1) is 0 Å². The molecular formula is C21H16F2N2O3S. The zero-order valence-corrected chi connectivity index (χ0v) is 15.8. The first kappa shape index (κ1) is 20.2. The van der Waals surface area contributed by atoms with E-state index in [1.807, 2.05) is 0 Å². The first-order chi connectivity index (χ1) is 13.8. The topological polar surface area (TPSA) is 75.3 Å². The molecule has 8 heteroatoms. The van der Waals surface area contributed by atoms with Crippen LogP contribution in [0.5, 0.6) is 0 Å². The molecular weight excluding hydrogens is 398 g/mol. The molecule has 0 aliphatic rings. The third-order valence-electron chi connectivity index (χ3n) is 3.85. The van der Waals surface area contributed by atoms with Crippen LogP contribution in [0.1, 0.15) is 5.56 Å². The lowest BCUT2D eigenvalue weighted by Gasteiger charge is -2.13. The molecule has 5 nitrogen and oxygen atoms in total. The van der Waals surface area contributed by atoms with E-state index in [0.29, 0.717) is 5.56 Å². The number of halogens is 2. The molecule has 1 amide bonds. The quantitative estimate of drug-likeness (QED) is 0.587. The number of anilines is 2. The summed E-state index contributed by atoms with van der Waals surface area (Å²) in [6.45, 7) is 0. The molecule has 0 unspecified atom stereocenters. The number of hydrogen-bond acceptors (Lipinski definition) is 3. The standard InChI is InChI=1S/C21H16F2N2O3S/c22-16-8-5-15(6-9-16)7-14-21(26)24-19-3-1-2-4-20(19)25-29(27,28)18-12-10-17(23)11-13-18/h1-14,25H,(H,24,26)/b14-7+. The van der Waals surface area contributed by atoms with Crippen molar-refractivity contribution in [2.75, 3.05) is 10.0 Å². The number of sulfonamides is 1. The van der Waals surface area contributed by atoms with Gasteiger partial charge < -0.3 is 5.32 Å². The normalized spacial score (nSPS) is 11.4. The molecule has 0 aliphatic heterocycles. The van der Waals surface area contributed by atoms with Crippen LogP contribution >= 0.6 is 0 Å². The van der Waals surface area contributed by atoms with Gasteiger partial charge in [-0.2, -0.15) is 0 Å². The molecule has 0 spiro atoms. The first-order valence-electron chi connectivity index (χ1n) is 8.45. The minimum Gasteiger partial charge on any atom is -0.321 e. The van der Waals surface area contributed by atoms with Gasteiger partial charge in [-0.1, -0.05) is 24.3 Å². The summed E-state index contributed by atoms with van der Waals surface area (Å²) in [7, 11) is -3.97. The van der Waals surface area contributed by atoms with Gasteiger partial charge in [0.05, 0.1) is 16.3 Å². The minimum atomic E-state index is -3.97. The Morgan fingerprint density at radius 3 is 1.97 bits per heavy atom. The molecule has 0 bridgehead atoms. The zero-order valence-electron chi connectivity index (χ0n) is 15.0. The largest absolute Gasteiger partial charge is 0.321 e. The van der Waals surface area contributed by atoms with Gasteiger partial charge in [-0.3, -0.25) is 9.52 Å². The monoisotopic (exact) mass is 414 g/mol. The van der Waals surface area contributed by atoms with Gasteiger partial charge >= 0.3 is 0 Å². The average Bonchev–Trinajstić information content (AvgIpc) is 2.69. The molecule has 0 saturated carbocycles. The van der Waals surface area contributed by atoms with Crippen LogP contribution in [0.2, 0.25) is 0 Å². The Morgan fingerprint density at radius 1 is 0.793 bits per heavy atom. The molecule has 0 aromatic heterocycles. The van der Waals surface area contributed by atoms with Gasteiger partial charge in [0.1, 0.15) is 11.6 Å². The molecule has 0 radical (unpaired) electrons. The predicted molar refractivity (Wildman–Crippen MR) is 108 cm³/mol. The maximum atomic E-state index is 13.0. The van der Waals surface area contributed by atoms with Crippen LogP contribution in [0.3, 0.4) is 0 Å². The van der Waals surface area contributed by atoms with E-state index in [9.17, 15) is 22.0 Å². The number of amides is 1. The highest BCUT2D eigenvalue weighted by Gasteiger charge is 2.16. The van der Waals surface area contributed by atoms with E-state index >= 15 is 0 Å². The van der Waals surface area contributed by atoms with Crippen LogP contribution in [0.4, 0.5) is 20.2 Å². The maximum Gasteiger partial charge on any atom is 0.261 e. The van der Waals surface area contributed by atoms with E-state index in [-0.39, 0.29) is 22.1 Å². The second-order valence-electron chi connectivity index (χ2n) is 5.98. The smallest absolute Gasteiger partial charge is 0.261 e. The maximum absolute atomic E-state index is 13.0. The molecule has 0 saturated heterocycles. The number of rotatable bonds is 6. The van der Waals surface area contributed by atoms with E-state index in [0.717, 1.165) is 24.3 Å². The highest BCUT2D eigenvalue weighted by Crippen LogP contribution is 2.24. The second-order valence-corrected chi connectivity index (χ2v) is 7.66. The summed E-state index contributed by atoms with van der Waals surface area (Å²) in [6, 6.07) is 16.2. The summed E-state index contributed by atoms with van der Waals surface area (Å²) in [4.78, 5) is 12.1. The van der Waals surface area contributed by atoms with Gasteiger partial charge in [0.15, 0.2) is 0 Å². The van der Waals surface area contributed by atoms with E-state index < -0.39 is 21.7 Å². The molecule has 0 aliphatic carbocycles. The molecule has 3 aromatic rings. The summed E-state index contributed by atoms with van der Waals surface area (Å²) >= 11 is 0. The predicted octanol–water partition coefficient (Wildman–Crippen LogP) is 4.42. The second kappa shape index (κ2) is 8.66. The van der Waals surface area contributed by atoms with Crippen LogP contribution in [0, 0.1) is 11.6 Å². The SMILES string of the molecule is O=C(/C=C/c1ccc(F)cc1)Nc1ccccc1NS(=O)(=O)c1ccc(F)cc1. The van der Waals surface area contributed by atoms with Crippen molar-refractivity contribution in [3.63, 3.8) is 0 Å². The van der Waals surface area contributed by atoms with Crippen molar-refractivity contribution >= 4 is 33.4 Å². The van der Waals surface area contributed by atoms with E-state index in [4.69, 9.17) is 0 Å². The minimum absolute atomic E-state index is 0.115. The Kier molecular flexibility index (Phi) is 6.04. The summed E-state index contributed by atoms with van der Waals surface area (Å²) < 4.78 is 53.3. The molecule has 0 heterocycles. The van der Waals surface area contributed by atoms with Crippen LogP contribution in [-0.4, -0.2) is 14.3 Å². The Balaban J connectivity index is 1.75. The van der Waals surface area contributed by atoms with Crippen LogP contribution in [-0.2, 0) is 14.8 Å². The van der Waals surface area contributed by atoms with E-state index in [2.05, 4.69) is 10.0 Å². The average molecular weight is 414 g/mol. The van der Waals surface area contributed by atoms with Crippen LogP contribution in [0.25, 0.3) is 6.08 Å². The fraction of sp³-hybridized carbons (Fsp3) is 0. The van der Waals surface area contributed by atoms with Crippen molar-refractivity contribution in [1.82, 2.24) is 0 Å². The number of nitrogens with one attached hydrogen (secondary N) is 2. The molecule has 0 fully saturated rings. The van der Waals surface area contributed by atoms with Crippen LogP contribution < -0.4 is 10.0 Å². The lowest BCUT2D eigenvalue weighted by molar-refractivity contribution is -0.111. The Bertz CT molecular complexity index is 1140. The van der Waals surface area contributed by atoms with Gasteiger partial charge in [0, 0.05) is 6.08 Å². The first-order valence-corrected chi connectivity index (χ1v) is 9.94. The van der Waals surface area contributed by atoms with Crippen molar-refractivity contribution in [1.29, 1.82) is 0 Å². The van der Waals surface area contributed by atoms with E-state index in [1.54, 1.807) is 12.1 Å². The molecule has 3 aromatic carbocycles. The van der Waals surface area contributed by atoms with Gasteiger partial charge in [0.2, 0.25) is 5.91 Å². The fourth-order valence-electron chi connectivity index (χ4n) is 2.42. The third kappa shape index (κ3) is 5.49. The third-order valence-corrected chi connectivity index (χ3v) is 5.23. The molecule has 0 atom stereocenters. The van der Waals surface area contributed by atoms with Gasteiger partial charge in [-0.05, 0) is 60.2 Å². The lowest BCUT2D eigenvalue weighted by Crippen LogP contribution is -2.16. The summed E-state index contributed by atoms with van der Waals surface area (Å²) in [5.41, 5.74) is 1.03. The van der Waals surface area contributed by atoms with Crippen molar-refractivity contribution in [3.8, 4) is 0 Å². The lowest BCUT2D eigenvalue weighted by atomic mass is 10.2. The molecule has 3 rings (SSSR count). The summed E-state index contributed by atoms with van der Waals surface area (Å²) in [6.07, 6.45) is 2.75. The summed E-state index contributed by atoms with van der Waals surface area (Å²) in [5, 5.41) is 2.59. The summed E-state index contributed by atoms with van der Waals surface area (Å²) in [5.74, 6) is -1.43. The van der Waals surface area contributed by atoms with Gasteiger partial charge in [-0.25, -0.2) is 17.2 Å². The number of para-hydroxylation sites is 2. The van der Waals surface area contributed by atoms with E-state index in [1.165, 1.54) is 48.6 Å². The zero-order chi connectivity index (χ0) is 20.9. The van der Waals surface area contributed by atoms with Crippen LogP contribution in [0.15, 0.2) is 83.8 Å². The van der Waals surface area contributed by atoms with Crippen molar-refractivity contribution < 1.29 is 22.0 Å². The highest BCUT2D eigenvalue weighted by atomic mass is 32.2. The number of carbonyl (C=O) groups is 1. The number of carbonyl (C=O) groups excluding carboxylic acids is 1.